The molecule has 2 aromatic carbocycles. The predicted molar refractivity (Wildman–Crippen MR) is 172 cm³/mol. The van der Waals surface area contributed by atoms with Crippen LogP contribution in [0, 0.1) is 5.41 Å². The Balaban J connectivity index is 1.39. The van der Waals surface area contributed by atoms with Gasteiger partial charge in [-0.3, -0.25) is 0 Å². The standard InChI is InChI=1S/C32H35N7O2S/c1-38(2)20-36-32-35-18-26-31(37-32)25(19-39(26)11-7-13-41-29-10-5-6-12-40-29)22-14-23(17-33)30(34)24(15-22)28-16-21-8-3-4-9-27(21)42-28/h3-4,8-9,14-20,29,33H,5-7,10-13,34H2,1-2H3. The molecular formula is C32H35N7O2S. The summed E-state index contributed by atoms with van der Waals surface area (Å²) in [5, 5.41) is 9.30. The van der Waals surface area contributed by atoms with Gasteiger partial charge in [-0.25, -0.2) is 15.0 Å². The summed E-state index contributed by atoms with van der Waals surface area (Å²) in [4.78, 5) is 16.8. The van der Waals surface area contributed by atoms with Crippen molar-refractivity contribution in [1.82, 2.24) is 19.4 Å². The van der Waals surface area contributed by atoms with E-state index in [0.29, 0.717) is 23.8 Å². The first-order valence-electron chi connectivity index (χ1n) is 14.2. The number of aromatic nitrogens is 3. The minimum Gasteiger partial charge on any atom is -0.398 e. The number of hydrogen-bond donors (Lipinski definition) is 2. The van der Waals surface area contributed by atoms with Crippen LogP contribution in [0.3, 0.4) is 0 Å². The molecule has 0 spiro atoms. The van der Waals surface area contributed by atoms with Crippen molar-refractivity contribution in [2.75, 3.05) is 33.0 Å². The van der Waals surface area contributed by atoms with E-state index in [1.165, 1.54) is 16.3 Å². The maximum Gasteiger partial charge on any atom is 0.251 e. The lowest BCUT2D eigenvalue weighted by Crippen LogP contribution is -2.23. The number of hydrogen-bond acceptors (Lipinski definition) is 8. The molecule has 0 amide bonds. The Bertz CT molecular complexity index is 1720. The number of nitrogens with zero attached hydrogens (tertiary/aromatic N) is 5. The van der Waals surface area contributed by atoms with E-state index in [1.54, 1.807) is 17.7 Å². The van der Waals surface area contributed by atoms with Gasteiger partial charge in [0.2, 0.25) is 0 Å². The van der Waals surface area contributed by atoms with E-state index in [4.69, 9.17) is 25.6 Å². The number of ether oxygens (including phenoxy) is 2. The number of benzene rings is 2. The lowest BCUT2D eigenvalue weighted by atomic mass is 9.98. The smallest absolute Gasteiger partial charge is 0.251 e. The fourth-order valence-electron chi connectivity index (χ4n) is 5.25. The van der Waals surface area contributed by atoms with Crippen LogP contribution in [0.1, 0.15) is 31.2 Å². The summed E-state index contributed by atoms with van der Waals surface area (Å²) in [6.07, 6.45) is 10.9. The summed E-state index contributed by atoms with van der Waals surface area (Å²) in [5.41, 5.74) is 12.4. The lowest BCUT2D eigenvalue weighted by molar-refractivity contribution is -0.162. The molecule has 3 N–H and O–H groups in total. The van der Waals surface area contributed by atoms with Gasteiger partial charge >= 0.3 is 0 Å². The fraction of sp³-hybridized carbons (Fsp3) is 0.312. The van der Waals surface area contributed by atoms with E-state index in [1.807, 2.05) is 43.4 Å². The number of nitrogens with one attached hydrogen (secondary N) is 1. The molecule has 10 heteroatoms. The molecule has 1 fully saturated rings. The zero-order valence-corrected chi connectivity index (χ0v) is 24.7. The van der Waals surface area contributed by atoms with Gasteiger partial charge in [0.15, 0.2) is 6.29 Å². The number of aryl methyl sites for hydroxylation is 1. The molecule has 1 aliphatic heterocycles. The molecule has 42 heavy (non-hydrogen) atoms. The van der Waals surface area contributed by atoms with Gasteiger partial charge in [-0.15, -0.1) is 11.3 Å². The van der Waals surface area contributed by atoms with E-state index in [0.717, 1.165) is 71.4 Å². The molecule has 1 unspecified atom stereocenters. The van der Waals surface area contributed by atoms with Gasteiger partial charge in [-0.1, -0.05) is 18.2 Å². The molecule has 3 aromatic heterocycles. The molecule has 0 aliphatic carbocycles. The molecule has 5 aromatic rings. The largest absolute Gasteiger partial charge is 0.398 e. The Morgan fingerprint density at radius 2 is 2.10 bits per heavy atom. The van der Waals surface area contributed by atoms with Crippen molar-refractivity contribution in [2.24, 2.45) is 4.99 Å². The topological polar surface area (TPSA) is 115 Å². The van der Waals surface area contributed by atoms with Crippen LogP contribution in [0.15, 0.2) is 59.9 Å². The van der Waals surface area contributed by atoms with Crippen LogP contribution in [0.25, 0.3) is 42.7 Å². The Morgan fingerprint density at radius 1 is 1.21 bits per heavy atom. The molecule has 1 saturated heterocycles. The highest BCUT2D eigenvalue weighted by molar-refractivity contribution is 7.22. The molecule has 0 saturated carbocycles. The van der Waals surface area contributed by atoms with Crippen molar-refractivity contribution in [3.8, 4) is 21.6 Å². The molecule has 4 heterocycles. The Kier molecular flexibility index (Phi) is 8.27. The number of aliphatic imine (C=N–C) groups is 1. The number of thiophene rings is 1. The van der Waals surface area contributed by atoms with Crippen molar-refractivity contribution in [3.63, 3.8) is 0 Å². The van der Waals surface area contributed by atoms with Crippen LogP contribution in [-0.2, 0) is 16.0 Å². The molecule has 0 radical (unpaired) electrons. The minimum absolute atomic E-state index is 0.0993. The van der Waals surface area contributed by atoms with Crippen molar-refractivity contribution >= 4 is 56.6 Å². The third kappa shape index (κ3) is 5.92. The van der Waals surface area contributed by atoms with Gasteiger partial charge in [0, 0.05) is 71.6 Å². The third-order valence-electron chi connectivity index (χ3n) is 7.36. The molecular weight excluding hydrogens is 546 g/mol. The predicted octanol–water partition coefficient (Wildman–Crippen LogP) is 6.71. The number of fused-ring (bicyclic) bond motifs is 2. The van der Waals surface area contributed by atoms with Gasteiger partial charge in [-0.2, -0.15) is 0 Å². The first-order valence-corrected chi connectivity index (χ1v) is 15.0. The van der Waals surface area contributed by atoms with Crippen LogP contribution >= 0.6 is 11.3 Å². The molecule has 1 aliphatic rings. The Morgan fingerprint density at radius 3 is 2.88 bits per heavy atom. The second-order valence-electron chi connectivity index (χ2n) is 10.7. The van der Waals surface area contributed by atoms with E-state index in [2.05, 4.69) is 45.0 Å². The van der Waals surface area contributed by atoms with E-state index in [-0.39, 0.29) is 6.29 Å². The van der Waals surface area contributed by atoms with Gasteiger partial charge in [0.25, 0.3) is 5.95 Å². The normalized spacial score (nSPS) is 15.6. The maximum absolute atomic E-state index is 8.12. The zero-order valence-electron chi connectivity index (χ0n) is 23.9. The average molecular weight is 582 g/mol. The van der Waals surface area contributed by atoms with Crippen molar-refractivity contribution in [3.05, 3.63) is 60.4 Å². The quantitative estimate of drug-likeness (QED) is 0.0819. The van der Waals surface area contributed by atoms with Crippen LogP contribution in [0.2, 0.25) is 0 Å². The van der Waals surface area contributed by atoms with Crippen molar-refractivity contribution < 1.29 is 9.47 Å². The van der Waals surface area contributed by atoms with Crippen molar-refractivity contribution in [2.45, 2.75) is 38.5 Å². The summed E-state index contributed by atoms with van der Waals surface area (Å²) in [5.74, 6) is 0.389. The van der Waals surface area contributed by atoms with E-state index in [9.17, 15) is 0 Å². The van der Waals surface area contributed by atoms with Crippen LogP contribution in [0.5, 0.6) is 0 Å². The van der Waals surface area contributed by atoms with E-state index < -0.39 is 0 Å². The van der Waals surface area contributed by atoms with Crippen LogP contribution in [0.4, 0.5) is 11.6 Å². The third-order valence-corrected chi connectivity index (χ3v) is 8.51. The summed E-state index contributed by atoms with van der Waals surface area (Å²) in [6, 6.07) is 14.6. The lowest BCUT2D eigenvalue weighted by Gasteiger charge is -2.22. The number of anilines is 1. The summed E-state index contributed by atoms with van der Waals surface area (Å²) in [7, 11) is 3.82. The second-order valence-corrected chi connectivity index (χ2v) is 11.8. The second kappa shape index (κ2) is 12.4. The van der Waals surface area contributed by atoms with Crippen molar-refractivity contribution in [1.29, 1.82) is 5.41 Å². The number of rotatable bonds is 10. The maximum atomic E-state index is 8.12. The van der Waals surface area contributed by atoms with Gasteiger partial charge in [0.05, 0.1) is 24.7 Å². The molecule has 9 nitrogen and oxygen atoms in total. The Labute approximate surface area is 249 Å². The van der Waals surface area contributed by atoms with Crippen LogP contribution < -0.4 is 5.73 Å². The minimum atomic E-state index is -0.0993. The SMILES string of the molecule is CN(C)C=Nc1ncc2c(n1)c(-c1cc(C=N)c(N)c(-c3cc4ccccc4s3)c1)cn2CCCOC1CCCCO1. The Hall–Kier alpha value is -4.12. The summed E-state index contributed by atoms with van der Waals surface area (Å²) < 4.78 is 15.1. The highest BCUT2D eigenvalue weighted by Gasteiger charge is 2.19. The average Bonchev–Trinajstić information content (AvgIpc) is 3.60. The van der Waals surface area contributed by atoms with E-state index >= 15 is 0 Å². The highest BCUT2D eigenvalue weighted by Crippen LogP contribution is 2.41. The van der Waals surface area contributed by atoms with Gasteiger partial charge < -0.3 is 30.1 Å². The first kappa shape index (κ1) is 28.0. The molecule has 0 bridgehead atoms. The molecule has 6 rings (SSSR count). The monoisotopic (exact) mass is 581 g/mol. The fourth-order valence-corrected chi connectivity index (χ4v) is 6.34. The molecule has 216 valence electrons. The van der Waals surface area contributed by atoms with Gasteiger partial charge in [0.1, 0.15) is 5.52 Å². The zero-order chi connectivity index (χ0) is 29.1. The number of nitrogens with two attached hydrogens (primary N) is 1. The van der Waals surface area contributed by atoms with Gasteiger partial charge in [-0.05, 0) is 60.9 Å². The summed E-state index contributed by atoms with van der Waals surface area (Å²) >= 11 is 1.70. The molecule has 1 atom stereocenters. The van der Waals surface area contributed by atoms with Crippen LogP contribution in [-0.4, -0.2) is 65.6 Å². The highest BCUT2D eigenvalue weighted by atomic mass is 32.1. The first-order chi connectivity index (χ1) is 20.5. The number of nitrogen functional groups attached to an aromatic ring is 1. The summed E-state index contributed by atoms with van der Waals surface area (Å²) in [6.45, 7) is 2.12.